The Balaban J connectivity index is 1.59. The molecule has 0 unspecified atom stereocenters. The summed E-state index contributed by atoms with van der Waals surface area (Å²) in [4.78, 5) is 25.9. The molecule has 1 aliphatic rings. The molecular formula is C22H26N2O6S. The zero-order valence-electron chi connectivity index (χ0n) is 17.3. The van der Waals surface area contributed by atoms with Gasteiger partial charge in [0.2, 0.25) is 10.0 Å². The fourth-order valence-corrected chi connectivity index (χ4v) is 4.98. The molecule has 1 heterocycles. The Labute approximate surface area is 182 Å². The van der Waals surface area contributed by atoms with Crippen molar-refractivity contribution in [1.29, 1.82) is 0 Å². The zero-order valence-corrected chi connectivity index (χ0v) is 18.1. The van der Waals surface area contributed by atoms with Gasteiger partial charge in [-0.2, -0.15) is 0 Å². The highest BCUT2D eigenvalue weighted by Crippen LogP contribution is 2.19. The van der Waals surface area contributed by atoms with Gasteiger partial charge in [-0.15, -0.1) is 0 Å². The second kappa shape index (κ2) is 10.4. The number of nitrogens with zero attached hydrogens (tertiary/aromatic N) is 1. The summed E-state index contributed by atoms with van der Waals surface area (Å²) in [6.07, 6.45) is -0.132. The third kappa shape index (κ3) is 6.28. The first-order valence-electron chi connectivity index (χ1n) is 9.97. The first-order chi connectivity index (χ1) is 14.9. The van der Waals surface area contributed by atoms with Gasteiger partial charge in [0.05, 0.1) is 12.4 Å². The molecule has 0 radical (unpaired) electrons. The topological polar surface area (TPSA) is 102 Å². The van der Waals surface area contributed by atoms with Crippen LogP contribution in [0.4, 0.5) is 4.79 Å². The molecule has 0 aromatic heterocycles. The van der Waals surface area contributed by atoms with Gasteiger partial charge < -0.3 is 14.4 Å². The van der Waals surface area contributed by atoms with Gasteiger partial charge in [0.1, 0.15) is 12.6 Å². The number of carbonyl (C=O) groups excluding carboxylic acids is 2. The number of rotatable bonds is 8. The number of ether oxygens (including phenoxy) is 2. The summed E-state index contributed by atoms with van der Waals surface area (Å²) in [7, 11) is -2.65. The van der Waals surface area contributed by atoms with E-state index in [1.807, 2.05) is 60.7 Å². The third-order valence-corrected chi connectivity index (χ3v) is 7.00. The molecule has 2 aromatic carbocycles. The second-order valence-electron chi connectivity index (χ2n) is 7.33. The molecule has 1 saturated heterocycles. The summed E-state index contributed by atoms with van der Waals surface area (Å²) in [5.74, 6) is -0.662. The Morgan fingerprint density at radius 1 is 1.06 bits per heavy atom. The van der Waals surface area contributed by atoms with Crippen LogP contribution in [0, 0.1) is 0 Å². The van der Waals surface area contributed by atoms with Gasteiger partial charge in [-0.25, -0.2) is 17.9 Å². The molecule has 2 atom stereocenters. The standard InChI is InChI=1S/C22H26N2O6S/c1-29-21(25)20(14-17-8-4-2-5-9-17)23-31(27,28)19-12-13-24(15-19)22(26)30-16-18-10-6-3-7-11-18/h2-11,19-20,23H,12-16H2,1H3/t19-,20-/m0/s1. The van der Waals surface area contributed by atoms with Crippen LogP contribution in [0.25, 0.3) is 0 Å². The lowest BCUT2D eigenvalue weighted by Gasteiger charge is -2.20. The molecule has 31 heavy (non-hydrogen) atoms. The highest BCUT2D eigenvalue weighted by Gasteiger charge is 2.38. The fraction of sp³-hybridized carbons (Fsp3) is 0.364. The van der Waals surface area contributed by atoms with E-state index in [0.717, 1.165) is 11.1 Å². The molecule has 0 spiro atoms. The van der Waals surface area contributed by atoms with Crippen molar-refractivity contribution in [3.05, 3.63) is 71.8 Å². The second-order valence-corrected chi connectivity index (χ2v) is 9.32. The van der Waals surface area contributed by atoms with Gasteiger partial charge in [0, 0.05) is 13.1 Å². The van der Waals surface area contributed by atoms with Crippen LogP contribution < -0.4 is 4.72 Å². The van der Waals surface area contributed by atoms with E-state index in [-0.39, 0.29) is 32.5 Å². The van der Waals surface area contributed by atoms with Crippen molar-refractivity contribution < 1.29 is 27.5 Å². The van der Waals surface area contributed by atoms with E-state index in [4.69, 9.17) is 9.47 Å². The summed E-state index contributed by atoms with van der Waals surface area (Å²) in [5.41, 5.74) is 1.65. The Hall–Kier alpha value is -2.91. The van der Waals surface area contributed by atoms with Crippen molar-refractivity contribution in [2.24, 2.45) is 0 Å². The number of benzene rings is 2. The lowest BCUT2D eigenvalue weighted by Crippen LogP contribution is -2.47. The predicted octanol–water partition coefficient (Wildman–Crippen LogP) is 2.10. The molecule has 3 rings (SSSR count). The van der Waals surface area contributed by atoms with Gasteiger partial charge in [-0.3, -0.25) is 4.79 Å². The molecule has 0 bridgehead atoms. The van der Waals surface area contributed by atoms with Crippen LogP contribution in [0.15, 0.2) is 60.7 Å². The molecule has 1 N–H and O–H groups in total. The van der Waals surface area contributed by atoms with E-state index in [1.54, 1.807) is 0 Å². The fourth-order valence-electron chi connectivity index (χ4n) is 3.42. The number of hydrogen-bond donors (Lipinski definition) is 1. The highest BCUT2D eigenvalue weighted by molar-refractivity contribution is 7.90. The molecule has 8 nitrogen and oxygen atoms in total. The zero-order chi connectivity index (χ0) is 22.3. The van der Waals surface area contributed by atoms with E-state index < -0.39 is 33.4 Å². The number of nitrogens with one attached hydrogen (secondary N) is 1. The number of amides is 1. The average Bonchev–Trinajstić information content (AvgIpc) is 3.29. The van der Waals surface area contributed by atoms with Crippen LogP contribution in [-0.2, 0) is 37.3 Å². The molecule has 1 amide bonds. The van der Waals surface area contributed by atoms with Crippen molar-refractivity contribution in [2.45, 2.75) is 30.7 Å². The molecule has 2 aromatic rings. The van der Waals surface area contributed by atoms with Crippen molar-refractivity contribution in [3.8, 4) is 0 Å². The summed E-state index contributed by atoms with van der Waals surface area (Å²) in [6, 6.07) is 17.3. The maximum absolute atomic E-state index is 12.9. The summed E-state index contributed by atoms with van der Waals surface area (Å²) < 4.78 is 38.3. The van der Waals surface area contributed by atoms with Crippen LogP contribution in [0.2, 0.25) is 0 Å². The minimum absolute atomic E-state index is 0.00217. The van der Waals surface area contributed by atoms with Crippen LogP contribution in [0.5, 0.6) is 0 Å². The van der Waals surface area contributed by atoms with E-state index in [1.165, 1.54) is 12.0 Å². The number of sulfonamides is 1. The molecular weight excluding hydrogens is 420 g/mol. The van der Waals surface area contributed by atoms with E-state index in [0.29, 0.717) is 0 Å². The maximum Gasteiger partial charge on any atom is 0.410 e. The lowest BCUT2D eigenvalue weighted by atomic mass is 10.1. The molecule has 0 saturated carbocycles. The van der Waals surface area contributed by atoms with Gasteiger partial charge >= 0.3 is 12.1 Å². The normalized spacial score (nSPS) is 17.2. The Morgan fingerprint density at radius 2 is 1.68 bits per heavy atom. The molecule has 1 aliphatic heterocycles. The van der Waals surface area contributed by atoms with Gasteiger partial charge in [-0.05, 0) is 24.0 Å². The number of carbonyl (C=O) groups is 2. The van der Waals surface area contributed by atoms with Crippen molar-refractivity contribution in [1.82, 2.24) is 9.62 Å². The maximum atomic E-state index is 12.9. The molecule has 1 fully saturated rings. The molecule has 166 valence electrons. The number of likely N-dealkylation sites (tertiary alicyclic amines) is 1. The third-order valence-electron chi connectivity index (χ3n) is 5.12. The van der Waals surface area contributed by atoms with Crippen molar-refractivity contribution in [3.63, 3.8) is 0 Å². The van der Waals surface area contributed by atoms with Gasteiger partial charge in [0.15, 0.2) is 0 Å². The number of hydrogen-bond acceptors (Lipinski definition) is 6. The van der Waals surface area contributed by atoms with Crippen LogP contribution in [0.3, 0.4) is 0 Å². The Bertz CT molecular complexity index is 982. The summed E-state index contributed by atoms with van der Waals surface area (Å²) >= 11 is 0. The SMILES string of the molecule is COC(=O)[C@H](Cc1ccccc1)NS(=O)(=O)[C@H]1CCN(C(=O)OCc2ccccc2)C1. The smallest absolute Gasteiger partial charge is 0.410 e. The Morgan fingerprint density at radius 3 is 2.29 bits per heavy atom. The minimum atomic E-state index is -3.87. The monoisotopic (exact) mass is 446 g/mol. The quantitative estimate of drug-likeness (QED) is 0.623. The lowest BCUT2D eigenvalue weighted by molar-refractivity contribution is -0.142. The van der Waals surface area contributed by atoms with Crippen molar-refractivity contribution >= 4 is 22.1 Å². The van der Waals surface area contributed by atoms with E-state index >= 15 is 0 Å². The molecule has 0 aliphatic carbocycles. The largest absolute Gasteiger partial charge is 0.468 e. The van der Waals surface area contributed by atoms with Crippen LogP contribution in [-0.4, -0.2) is 56.9 Å². The highest BCUT2D eigenvalue weighted by atomic mass is 32.2. The van der Waals surface area contributed by atoms with Gasteiger partial charge in [0.25, 0.3) is 0 Å². The van der Waals surface area contributed by atoms with E-state index in [2.05, 4.69) is 4.72 Å². The van der Waals surface area contributed by atoms with Crippen LogP contribution >= 0.6 is 0 Å². The van der Waals surface area contributed by atoms with E-state index in [9.17, 15) is 18.0 Å². The van der Waals surface area contributed by atoms with Gasteiger partial charge in [-0.1, -0.05) is 60.7 Å². The summed E-state index contributed by atoms with van der Waals surface area (Å²) in [6.45, 7) is 0.385. The first-order valence-corrected chi connectivity index (χ1v) is 11.5. The van der Waals surface area contributed by atoms with Crippen molar-refractivity contribution in [2.75, 3.05) is 20.2 Å². The first kappa shape index (κ1) is 22.8. The number of methoxy groups -OCH3 is 1. The minimum Gasteiger partial charge on any atom is -0.468 e. The van der Waals surface area contributed by atoms with Crippen LogP contribution in [0.1, 0.15) is 17.5 Å². The summed E-state index contributed by atoms with van der Waals surface area (Å²) in [5, 5.41) is -0.834. The Kier molecular flexibility index (Phi) is 7.64. The predicted molar refractivity (Wildman–Crippen MR) is 115 cm³/mol. The number of esters is 1. The molecule has 9 heteroatoms. The average molecular weight is 447 g/mol.